The van der Waals surface area contributed by atoms with Gasteiger partial charge < -0.3 is 20.9 Å². The number of amides is 2. The molecule has 1 aromatic carbocycles. The van der Waals surface area contributed by atoms with Crippen LogP contribution >= 0.6 is 39.9 Å². The van der Waals surface area contributed by atoms with Crippen LogP contribution in [0.3, 0.4) is 0 Å². The number of nitrogens with zero attached hydrogens (tertiary/aromatic N) is 2. The smallest absolute Gasteiger partial charge is 0.243 e. The SMILES string of the molecule is CCC(=O)N1CCC(NC(=NC)NCC(=O)Nc2cc(Br)ccc2C)C1.I. The zero-order chi connectivity index (χ0) is 19.1. The highest BCUT2D eigenvalue weighted by molar-refractivity contribution is 14.0. The number of benzene rings is 1. The Labute approximate surface area is 185 Å². The van der Waals surface area contributed by atoms with E-state index in [-0.39, 0.29) is 48.4 Å². The van der Waals surface area contributed by atoms with E-state index in [1.54, 1.807) is 7.05 Å². The topological polar surface area (TPSA) is 85.8 Å². The second-order valence-corrected chi connectivity index (χ2v) is 7.17. The molecule has 0 aliphatic carbocycles. The Morgan fingerprint density at radius 1 is 1.37 bits per heavy atom. The molecule has 1 atom stereocenters. The lowest BCUT2D eigenvalue weighted by Crippen LogP contribution is -2.47. The molecule has 0 spiro atoms. The average Bonchev–Trinajstić information content (AvgIpc) is 3.09. The first-order valence-corrected chi connectivity index (χ1v) is 9.53. The van der Waals surface area contributed by atoms with E-state index in [1.165, 1.54) is 0 Å². The number of anilines is 1. The highest BCUT2D eigenvalue weighted by Gasteiger charge is 2.25. The Morgan fingerprint density at radius 3 is 2.78 bits per heavy atom. The molecule has 2 amide bonds. The molecule has 2 rings (SSSR count). The number of carbonyl (C=O) groups excluding carboxylic acids is 2. The molecule has 9 heteroatoms. The summed E-state index contributed by atoms with van der Waals surface area (Å²) >= 11 is 3.40. The number of carbonyl (C=O) groups is 2. The van der Waals surface area contributed by atoms with Crippen LogP contribution in [0.4, 0.5) is 5.69 Å². The van der Waals surface area contributed by atoms with E-state index in [1.807, 2.05) is 36.9 Å². The number of aliphatic imine (C=N–C) groups is 1. The van der Waals surface area contributed by atoms with Crippen molar-refractivity contribution in [3.63, 3.8) is 0 Å². The summed E-state index contributed by atoms with van der Waals surface area (Å²) in [4.78, 5) is 30.0. The molecule has 1 fully saturated rings. The molecular weight excluding hydrogens is 525 g/mol. The molecule has 150 valence electrons. The summed E-state index contributed by atoms with van der Waals surface area (Å²) in [5.41, 5.74) is 1.77. The molecule has 1 heterocycles. The third-order valence-corrected chi connectivity index (χ3v) is 4.79. The monoisotopic (exact) mass is 551 g/mol. The van der Waals surface area contributed by atoms with Crippen molar-refractivity contribution in [2.45, 2.75) is 32.7 Å². The lowest BCUT2D eigenvalue weighted by Gasteiger charge is -2.18. The first-order valence-electron chi connectivity index (χ1n) is 8.74. The molecule has 0 bridgehead atoms. The molecule has 1 aromatic rings. The van der Waals surface area contributed by atoms with E-state index in [9.17, 15) is 9.59 Å². The summed E-state index contributed by atoms with van der Waals surface area (Å²) in [5.74, 6) is 0.575. The van der Waals surface area contributed by atoms with Gasteiger partial charge in [0.05, 0.1) is 6.54 Å². The third-order valence-electron chi connectivity index (χ3n) is 4.30. The van der Waals surface area contributed by atoms with Gasteiger partial charge in [-0.25, -0.2) is 0 Å². The van der Waals surface area contributed by atoms with Crippen molar-refractivity contribution in [3.8, 4) is 0 Å². The zero-order valence-electron chi connectivity index (χ0n) is 15.8. The summed E-state index contributed by atoms with van der Waals surface area (Å²) in [6.07, 6.45) is 1.39. The number of guanidine groups is 1. The highest BCUT2D eigenvalue weighted by Crippen LogP contribution is 2.20. The third kappa shape index (κ3) is 7.28. The van der Waals surface area contributed by atoms with Crippen molar-refractivity contribution in [1.29, 1.82) is 0 Å². The van der Waals surface area contributed by atoms with Gasteiger partial charge in [0.2, 0.25) is 11.8 Å². The van der Waals surface area contributed by atoms with E-state index >= 15 is 0 Å². The average molecular weight is 552 g/mol. The van der Waals surface area contributed by atoms with E-state index in [2.05, 4.69) is 36.9 Å². The predicted octanol–water partition coefficient (Wildman–Crippen LogP) is 2.49. The zero-order valence-corrected chi connectivity index (χ0v) is 19.8. The van der Waals surface area contributed by atoms with Crippen LogP contribution in [0.1, 0.15) is 25.3 Å². The van der Waals surface area contributed by atoms with Gasteiger partial charge in [0.15, 0.2) is 5.96 Å². The van der Waals surface area contributed by atoms with E-state index < -0.39 is 0 Å². The Kier molecular flexibility index (Phi) is 10.1. The van der Waals surface area contributed by atoms with Crippen molar-refractivity contribution in [2.75, 3.05) is 32.0 Å². The number of likely N-dealkylation sites (tertiary alicyclic amines) is 1. The van der Waals surface area contributed by atoms with Crippen molar-refractivity contribution < 1.29 is 9.59 Å². The minimum Gasteiger partial charge on any atom is -0.352 e. The lowest BCUT2D eigenvalue weighted by atomic mass is 10.2. The molecule has 1 unspecified atom stereocenters. The predicted molar refractivity (Wildman–Crippen MR) is 123 cm³/mol. The Hall–Kier alpha value is -1.36. The Balaban J connectivity index is 0.00000364. The van der Waals surface area contributed by atoms with Crippen LogP contribution in [0.2, 0.25) is 0 Å². The first-order chi connectivity index (χ1) is 12.4. The molecule has 3 N–H and O–H groups in total. The van der Waals surface area contributed by atoms with Crippen molar-refractivity contribution >= 4 is 63.4 Å². The van der Waals surface area contributed by atoms with Crippen LogP contribution in [0.25, 0.3) is 0 Å². The summed E-state index contributed by atoms with van der Waals surface area (Å²) in [6.45, 7) is 5.34. The Morgan fingerprint density at radius 2 is 2.11 bits per heavy atom. The van der Waals surface area contributed by atoms with E-state index in [0.717, 1.165) is 28.7 Å². The second-order valence-electron chi connectivity index (χ2n) is 6.26. The number of hydrogen-bond donors (Lipinski definition) is 3. The summed E-state index contributed by atoms with van der Waals surface area (Å²) in [6, 6.07) is 5.89. The van der Waals surface area contributed by atoms with Gasteiger partial charge in [-0.15, -0.1) is 24.0 Å². The summed E-state index contributed by atoms with van der Waals surface area (Å²) in [5, 5.41) is 9.18. The number of rotatable bonds is 5. The van der Waals surface area contributed by atoms with Gasteiger partial charge in [0.25, 0.3) is 0 Å². The molecule has 7 nitrogen and oxygen atoms in total. The fourth-order valence-electron chi connectivity index (χ4n) is 2.80. The summed E-state index contributed by atoms with van der Waals surface area (Å²) in [7, 11) is 1.66. The van der Waals surface area contributed by atoms with Gasteiger partial charge in [-0.1, -0.05) is 28.9 Å². The molecule has 1 saturated heterocycles. The largest absolute Gasteiger partial charge is 0.352 e. The van der Waals surface area contributed by atoms with Crippen LogP contribution in [-0.4, -0.2) is 55.4 Å². The lowest BCUT2D eigenvalue weighted by molar-refractivity contribution is -0.129. The van der Waals surface area contributed by atoms with Gasteiger partial charge in [-0.05, 0) is 31.0 Å². The minimum atomic E-state index is -0.150. The number of halogens is 2. The highest BCUT2D eigenvalue weighted by atomic mass is 127. The molecule has 0 saturated carbocycles. The van der Waals surface area contributed by atoms with Crippen LogP contribution in [-0.2, 0) is 9.59 Å². The van der Waals surface area contributed by atoms with E-state index in [4.69, 9.17) is 0 Å². The summed E-state index contributed by atoms with van der Waals surface area (Å²) < 4.78 is 0.913. The van der Waals surface area contributed by atoms with Crippen LogP contribution in [0, 0.1) is 6.92 Å². The van der Waals surface area contributed by atoms with Crippen LogP contribution in [0.15, 0.2) is 27.7 Å². The molecule has 0 radical (unpaired) electrons. The van der Waals surface area contributed by atoms with Crippen molar-refractivity contribution in [2.24, 2.45) is 4.99 Å². The van der Waals surface area contributed by atoms with Gasteiger partial charge in [-0.3, -0.25) is 14.6 Å². The molecule has 27 heavy (non-hydrogen) atoms. The van der Waals surface area contributed by atoms with Gasteiger partial charge in [-0.2, -0.15) is 0 Å². The maximum atomic E-state index is 12.2. The second kappa shape index (κ2) is 11.5. The van der Waals surface area contributed by atoms with Gasteiger partial charge in [0, 0.05) is 42.8 Å². The standard InChI is InChI=1S/C18H26BrN5O2.HI/c1-4-17(26)24-8-7-14(11-24)22-18(20-3)21-10-16(25)23-15-9-13(19)6-5-12(15)2;/h5-6,9,14H,4,7-8,10-11H2,1-3H3,(H,23,25)(H2,20,21,22);1H. The fourth-order valence-corrected chi connectivity index (χ4v) is 3.16. The van der Waals surface area contributed by atoms with Crippen molar-refractivity contribution in [1.82, 2.24) is 15.5 Å². The maximum absolute atomic E-state index is 12.2. The normalized spacial score (nSPS) is 16.5. The molecule has 0 aromatic heterocycles. The molecule has 1 aliphatic heterocycles. The maximum Gasteiger partial charge on any atom is 0.243 e. The fraction of sp³-hybridized carbons (Fsp3) is 0.500. The minimum absolute atomic E-state index is 0. The molecular formula is C18H27BrIN5O2. The van der Waals surface area contributed by atoms with Crippen molar-refractivity contribution in [3.05, 3.63) is 28.2 Å². The van der Waals surface area contributed by atoms with Gasteiger partial charge >= 0.3 is 0 Å². The van der Waals surface area contributed by atoms with Crippen LogP contribution in [0.5, 0.6) is 0 Å². The Bertz CT molecular complexity index is 698. The number of hydrogen-bond acceptors (Lipinski definition) is 3. The molecule has 1 aliphatic rings. The van der Waals surface area contributed by atoms with E-state index in [0.29, 0.717) is 18.9 Å². The quantitative estimate of drug-likeness (QED) is 0.298. The van der Waals surface area contributed by atoms with Crippen LogP contribution < -0.4 is 16.0 Å². The first kappa shape index (κ1) is 23.7. The number of aryl methyl sites for hydroxylation is 1. The number of nitrogens with one attached hydrogen (secondary N) is 3. The van der Waals surface area contributed by atoms with Gasteiger partial charge in [0.1, 0.15) is 0 Å².